The topological polar surface area (TPSA) is 49.4 Å². The normalized spacial score (nSPS) is 15.5. The Morgan fingerprint density at radius 1 is 1.08 bits per heavy atom. The number of nitrogens with one attached hydrogen (secondary N) is 1. The van der Waals surface area contributed by atoms with Gasteiger partial charge in [0.25, 0.3) is 5.91 Å². The van der Waals surface area contributed by atoms with Crippen LogP contribution in [0.4, 0.5) is 5.69 Å². The summed E-state index contributed by atoms with van der Waals surface area (Å²) in [4.78, 5) is 26.0. The van der Waals surface area contributed by atoms with Gasteiger partial charge in [-0.05, 0) is 29.3 Å². The summed E-state index contributed by atoms with van der Waals surface area (Å²) in [5.41, 5.74) is 3.65. The Labute approximate surface area is 142 Å². The van der Waals surface area contributed by atoms with Crippen molar-refractivity contribution in [1.29, 1.82) is 0 Å². The van der Waals surface area contributed by atoms with E-state index < -0.39 is 0 Å². The summed E-state index contributed by atoms with van der Waals surface area (Å²) in [7, 11) is 0. The zero-order valence-corrected chi connectivity index (χ0v) is 14.3. The predicted octanol–water partition coefficient (Wildman–Crippen LogP) is 3.58. The smallest absolute Gasteiger partial charge is 0.254 e. The van der Waals surface area contributed by atoms with Gasteiger partial charge in [-0.1, -0.05) is 44.2 Å². The fourth-order valence-electron chi connectivity index (χ4n) is 3.40. The highest BCUT2D eigenvalue weighted by Gasteiger charge is 2.33. The molecule has 0 bridgehead atoms. The van der Waals surface area contributed by atoms with Crippen LogP contribution in [0.3, 0.4) is 0 Å². The van der Waals surface area contributed by atoms with E-state index in [1.54, 1.807) is 24.3 Å². The third-order valence-electron chi connectivity index (χ3n) is 4.41. The van der Waals surface area contributed by atoms with E-state index in [2.05, 4.69) is 37.4 Å². The number of anilines is 1. The molecule has 0 aromatic heterocycles. The highest BCUT2D eigenvalue weighted by Crippen LogP contribution is 2.33. The third-order valence-corrected chi connectivity index (χ3v) is 4.41. The van der Waals surface area contributed by atoms with E-state index in [0.717, 1.165) is 0 Å². The van der Waals surface area contributed by atoms with Gasteiger partial charge in [-0.3, -0.25) is 9.59 Å². The first kappa shape index (κ1) is 16.2. The SMILES string of the molecule is CC(=O)Nc1cccc(C(=O)N2Cc3ccccc3C(C)(C)C2)c1. The summed E-state index contributed by atoms with van der Waals surface area (Å²) in [5, 5.41) is 2.73. The van der Waals surface area contributed by atoms with Crippen LogP contribution in [-0.2, 0) is 16.8 Å². The van der Waals surface area contributed by atoms with Gasteiger partial charge in [0, 0.05) is 36.7 Å². The molecule has 1 aliphatic rings. The fourth-order valence-corrected chi connectivity index (χ4v) is 3.40. The highest BCUT2D eigenvalue weighted by atomic mass is 16.2. The molecule has 4 nitrogen and oxygen atoms in total. The largest absolute Gasteiger partial charge is 0.333 e. The van der Waals surface area contributed by atoms with Gasteiger partial charge < -0.3 is 10.2 Å². The minimum Gasteiger partial charge on any atom is -0.333 e. The van der Waals surface area contributed by atoms with Crippen LogP contribution in [0.5, 0.6) is 0 Å². The van der Waals surface area contributed by atoms with E-state index in [1.165, 1.54) is 18.1 Å². The van der Waals surface area contributed by atoms with E-state index in [9.17, 15) is 9.59 Å². The minimum absolute atomic E-state index is 0.00946. The monoisotopic (exact) mass is 322 g/mol. The molecule has 1 heterocycles. The number of fused-ring (bicyclic) bond motifs is 1. The Kier molecular flexibility index (Phi) is 4.14. The van der Waals surface area contributed by atoms with Crippen LogP contribution in [0, 0.1) is 0 Å². The fraction of sp³-hybridized carbons (Fsp3) is 0.300. The zero-order valence-electron chi connectivity index (χ0n) is 14.3. The predicted molar refractivity (Wildman–Crippen MR) is 95.0 cm³/mol. The van der Waals surface area contributed by atoms with E-state index >= 15 is 0 Å². The van der Waals surface area contributed by atoms with Crippen molar-refractivity contribution < 1.29 is 9.59 Å². The van der Waals surface area contributed by atoms with Crippen LogP contribution < -0.4 is 5.32 Å². The number of amides is 2. The van der Waals surface area contributed by atoms with Crippen LogP contribution in [0.2, 0.25) is 0 Å². The minimum atomic E-state index is -0.146. The molecule has 2 aromatic carbocycles. The number of hydrogen-bond acceptors (Lipinski definition) is 2. The van der Waals surface area contributed by atoms with Crippen molar-refractivity contribution >= 4 is 17.5 Å². The molecule has 24 heavy (non-hydrogen) atoms. The molecular weight excluding hydrogens is 300 g/mol. The van der Waals surface area contributed by atoms with Crippen molar-refractivity contribution in [3.63, 3.8) is 0 Å². The van der Waals surface area contributed by atoms with Crippen molar-refractivity contribution in [2.24, 2.45) is 0 Å². The van der Waals surface area contributed by atoms with Gasteiger partial charge in [0.1, 0.15) is 0 Å². The van der Waals surface area contributed by atoms with Crippen molar-refractivity contribution in [3.8, 4) is 0 Å². The summed E-state index contributed by atoms with van der Waals surface area (Å²) in [6.07, 6.45) is 0. The summed E-state index contributed by atoms with van der Waals surface area (Å²) >= 11 is 0. The molecule has 0 radical (unpaired) electrons. The Morgan fingerprint density at radius 2 is 1.83 bits per heavy atom. The zero-order chi connectivity index (χ0) is 17.3. The van der Waals surface area contributed by atoms with Gasteiger partial charge >= 0.3 is 0 Å². The molecule has 0 fully saturated rings. The molecule has 0 saturated heterocycles. The van der Waals surface area contributed by atoms with Crippen LogP contribution in [0.1, 0.15) is 42.3 Å². The molecule has 0 unspecified atom stereocenters. The van der Waals surface area contributed by atoms with Gasteiger partial charge in [0.2, 0.25) is 5.91 Å². The summed E-state index contributed by atoms with van der Waals surface area (Å²) in [5.74, 6) is -0.155. The van der Waals surface area contributed by atoms with E-state index in [1.807, 2.05) is 11.0 Å². The Balaban J connectivity index is 1.88. The second-order valence-electron chi connectivity index (χ2n) is 6.96. The van der Waals surface area contributed by atoms with E-state index in [0.29, 0.717) is 24.3 Å². The third kappa shape index (κ3) is 3.18. The second kappa shape index (κ2) is 6.11. The van der Waals surface area contributed by atoms with Crippen LogP contribution in [0.15, 0.2) is 48.5 Å². The number of benzene rings is 2. The maximum Gasteiger partial charge on any atom is 0.254 e. The lowest BCUT2D eigenvalue weighted by Crippen LogP contribution is -2.45. The van der Waals surface area contributed by atoms with Crippen molar-refractivity contribution in [2.45, 2.75) is 32.7 Å². The first-order valence-electron chi connectivity index (χ1n) is 8.12. The van der Waals surface area contributed by atoms with E-state index in [-0.39, 0.29) is 17.2 Å². The molecule has 2 amide bonds. The molecular formula is C20H22N2O2. The van der Waals surface area contributed by atoms with Gasteiger partial charge in [0.05, 0.1) is 0 Å². The standard InChI is InChI=1S/C20H22N2O2/c1-14(23)21-17-9-6-8-15(11-17)19(24)22-12-16-7-4-5-10-18(16)20(2,3)13-22/h4-11H,12-13H2,1-3H3,(H,21,23). The molecule has 0 atom stereocenters. The lowest BCUT2D eigenvalue weighted by atomic mass is 9.78. The van der Waals surface area contributed by atoms with Crippen molar-refractivity contribution in [1.82, 2.24) is 4.90 Å². The molecule has 1 aliphatic heterocycles. The summed E-state index contributed by atoms with van der Waals surface area (Å²) in [6, 6.07) is 15.4. The lowest BCUT2D eigenvalue weighted by molar-refractivity contribution is -0.114. The second-order valence-corrected chi connectivity index (χ2v) is 6.96. The lowest BCUT2D eigenvalue weighted by Gasteiger charge is -2.40. The molecule has 3 rings (SSSR count). The van der Waals surface area contributed by atoms with E-state index in [4.69, 9.17) is 0 Å². The number of carbonyl (C=O) groups excluding carboxylic acids is 2. The van der Waals surface area contributed by atoms with Crippen LogP contribution in [0.25, 0.3) is 0 Å². The maximum atomic E-state index is 12.9. The summed E-state index contributed by atoms with van der Waals surface area (Å²) in [6.45, 7) is 7.08. The molecule has 4 heteroatoms. The molecule has 0 spiro atoms. The van der Waals surface area contributed by atoms with Gasteiger partial charge in [-0.15, -0.1) is 0 Å². The first-order chi connectivity index (χ1) is 11.4. The number of nitrogens with zero attached hydrogens (tertiary/aromatic N) is 1. The van der Waals surface area contributed by atoms with Crippen LogP contribution in [-0.4, -0.2) is 23.3 Å². The molecule has 0 saturated carbocycles. The van der Waals surface area contributed by atoms with Crippen molar-refractivity contribution in [2.75, 3.05) is 11.9 Å². The number of hydrogen-bond donors (Lipinski definition) is 1. The average Bonchev–Trinajstić information content (AvgIpc) is 2.53. The van der Waals surface area contributed by atoms with Crippen molar-refractivity contribution in [3.05, 3.63) is 65.2 Å². The van der Waals surface area contributed by atoms with Crippen LogP contribution >= 0.6 is 0 Å². The first-order valence-corrected chi connectivity index (χ1v) is 8.12. The average molecular weight is 322 g/mol. The number of carbonyl (C=O) groups is 2. The van der Waals surface area contributed by atoms with Gasteiger partial charge in [-0.2, -0.15) is 0 Å². The van der Waals surface area contributed by atoms with Gasteiger partial charge in [-0.25, -0.2) is 0 Å². The summed E-state index contributed by atoms with van der Waals surface area (Å²) < 4.78 is 0. The quantitative estimate of drug-likeness (QED) is 0.919. The Hall–Kier alpha value is -2.62. The van der Waals surface area contributed by atoms with Gasteiger partial charge in [0.15, 0.2) is 0 Å². The molecule has 124 valence electrons. The maximum absolute atomic E-state index is 12.9. The Morgan fingerprint density at radius 3 is 2.58 bits per heavy atom. The Bertz CT molecular complexity index is 796. The number of rotatable bonds is 2. The molecule has 1 N–H and O–H groups in total. The highest BCUT2D eigenvalue weighted by molar-refractivity contribution is 5.97. The molecule has 2 aromatic rings. The molecule has 0 aliphatic carbocycles.